The lowest BCUT2D eigenvalue weighted by atomic mass is 10.2. The van der Waals surface area contributed by atoms with E-state index in [0.717, 1.165) is 16.2 Å². The number of carboxylic acids is 1. The molecule has 0 saturated carbocycles. The maximum atomic E-state index is 11.9. The predicted octanol–water partition coefficient (Wildman–Crippen LogP) is 5.52. The van der Waals surface area contributed by atoms with Crippen LogP contribution >= 0.6 is 27.7 Å². The fourth-order valence-corrected chi connectivity index (χ4v) is 3.70. The van der Waals surface area contributed by atoms with E-state index in [9.17, 15) is 9.90 Å². The molecule has 0 atom stereocenters. The van der Waals surface area contributed by atoms with Gasteiger partial charge in [-0.3, -0.25) is 0 Å². The molecule has 0 saturated heterocycles. The molecule has 0 aliphatic carbocycles. The number of benzene rings is 2. The second kappa shape index (κ2) is 10.6. The van der Waals surface area contributed by atoms with Crippen molar-refractivity contribution in [3.63, 3.8) is 0 Å². The molecule has 0 radical (unpaired) electrons. The van der Waals surface area contributed by atoms with Crippen molar-refractivity contribution < 1.29 is 28.5 Å². The van der Waals surface area contributed by atoms with Gasteiger partial charge in [-0.2, -0.15) is 0 Å². The first-order valence-electron chi connectivity index (χ1n) is 9.45. The molecule has 0 spiro atoms. The second-order valence-electron chi connectivity index (χ2n) is 6.74. The fraction of sp³-hybridized carbons (Fsp3) is 0.227. The standard InChI is InChI=1S/C22H21BrN2O6S/c1-12(2)30-18-6-5-15(23)7-13(18)10-19(21(26)27)32-22-25-24-20(31-22)14-8-16(28-3)11-17(9-14)29-4/h5-12H,1-4H3,(H,26,27)/b19-10+. The van der Waals surface area contributed by atoms with E-state index in [1.807, 2.05) is 19.9 Å². The van der Waals surface area contributed by atoms with Crippen molar-refractivity contribution in [3.05, 3.63) is 51.3 Å². The van der Waals surface area contributed by atoms with Crippen LogP contribution in [-0.4, -0.2) is 41.6 Å². The molecule has 3 rings (SSSR count). The molecule has 3 aromatic rings. The van der Waals surface area contributed by atoms with Gasteiger partial charge in [-0.15, -0.1) is 10.2 Å². The van der Waals surface area contributed by atoms with Crippen LogP contribution in [0.15, 0.2) is 55.4 Å². The highest BCUT2D eigenvalue weighted by atomic mass is 79.9. The maximum Gasteiger partial charge on any atom is 0.342 e. The molecule has 1 N–H and O–H groups in total. The molecule has 1 aromatic heterocycles. The maximum absolute atomic E-state index is 11.9. The Morgan fingerprint density at radius 2 is 1.81 bits per heavy atom. The summed E-state index contributed by atoms with van der Waals surface area (Å²) < 4.78 is 22.8. The zero-order valence-electron chi connectivity index (χ0n) is 17.8. The average molecular weight is 521 g/mol. The van der Waals surface area contributed by atoms with E-state index in [1.54, 1.807) is 30.3 Å². The molecule has 0 aliphatic heterocycles. The van der Waals surface area contributed by atoms with Gasteiger partial charge in [0.05, 0.1) is 20.3 Å². The number of aliphatic carboxylic acids is 1. The van der Waals surface area contributed by atoms with Crippen LogP contribution in [0.5, 0.6) is 17.2 Å². The van der Waals surface area contributed by atoms with Crippen LogP contribution in [0, 0.1) is 0 Å². The van der Waals surface area contributed by atoms with Crippen LogP contribution in [0.2, 0.25) is 0 Å². The molecule has 32 heavy (non-hydrogen) atoms. The van der Waals surface area contributed by atoms with Crippen LogP contribution in [0.1, 0.15) is 19.4 Å². The van der Waals surface area contributed by atoms with Crippen LogP contribution in [-0.2, 0) is 4.79 Å². The van der Waals surface area contributed by atoms with Gasteiger partial charge in [-0.25, -0.2) is 4.79 Å². The number of carbonyl (C=O) groups is 1. The molecule has 0 aliphatic rings. The number of methoxy groups -OCH3 is 2. The zero-order valence-corrected chi connectivity index (χ0v) is 20.2. The second-order valence-corrected chi connectivity index (χ2v) is 8.65. The lowest BCUT2D eigenvalue weighted by Crippen LogP contribution is -2.07. The van der Waals surface area contributed by atoms with Crippen molar-refractivity contribution in [3.8, 4) is 28.7 Å². The molecule has 0 bridgehead atoms. The van der Waals surface area contributed by atoms with E-state index < -0.39 is 5.97 Å². The minimum absolute atomic E-state index is 0.00451. The minimum atomic E-state index is -1.13. The minimum Gasteiger partial charge on any atom is -0.497 e. The Hall–Kier alpha value is -2.98. The van der Waals surface area contributed by atoms with Crippen molar-refractivity contribution in [1.82, 2.24) is 10.2 Å². The Morgan fingerprint density at radius 3 is 2.41 bits per heavy atom. The van der Waals surface area contributed by atoms with Gasteiger partial charge in [0.25, 0.3) is 5.22 Å². The highest BCUT2D eigenvalue weighted by molar-refractivity contribution is 9.10. The van der Waals surface area contributed by atoms with Gasteiger partial charge in [-0.05, 0) is 62.0 Å². The molecular formula is C22H21BrN2O6S. The third-order valence-electron chi connectivity index (χ3n) is 4.03. The van der Waals surface area contributed by atoms with Gasteiger partial charge >= 0.3 is 5.97 Å². The Bertz CT molecular complexity index is 1120. The molecule has 0 fully saturated rings. The number of rotatable bonds is 9. The molecule has 2 aromatic carbocycles. The number of thioether (sulfide) groups is 1. The quantitative estimate of drug-likeness (QED) is 0.288. The van der Waals surface area contributed by atoms with Gasteiger partial charge in [0.2, 0.25) is 5.89 Å². The molecule has 0 unspecified atom stereocenters. The third kappa shape index (κ3) is 6.04. The number of carboxylic acid groups (broad SMARTS) is 1. The molecule has 10 heteroatoms. The summed E-state index contributed by atoms with van der Waals surface area (Å²) in [5.41, 5.74) is 1.19. The number of hydrogen-bond acceptors (Lipinski definition) is 8. The van der Waals surface area contributed by atoms with E-state index >= 15 is 0 Å². The summed E-state index contributed by atoms with van der Waals surface area (Å²) in [7, 11) is 3.08. The van der Waals surface area contributed by atoms with Gasteiger partial charge < -0.3 is 23.7 Å². The van der Waals surface area contributed by atoms with Crippen LogP contribution in [0.4, 0.5) is 0 Å². The first kappa shape index (κ1) is 23.7. The van der Waals surface area contributed by atoms with E-state index in [1.165, 1.54) is 20.3 Å². The number of ether oxygens (including phenoxy) is 3. The third-order valence-corrected chi connectivity index (χ3v) is 5.38. The van der Waals surface area contributed by atoms with Gasteiger partial charge in [0, 0.05) is 21.7 Å². The van der Waals surface area contributed by atoms with E-state index in [4.69, 9.17) is 18.6 Å². The lowest BCUT2D eigenvalue weighted by molar-refractivity contribution is -0.131. The Kier molecular flexibility index (Phi) is 7.81. The summed E-state index contributed by atoms with van der Waals surface area (Å²) >= 11 is 4.26. The summed E-state index contributed by atoms with van der Waals surface area (Å²) in [5.74, 6) is 0.765. The van der Waals surface area contributed by atoms with E-state index in [2.05, 4.69) is 26.1 Å². The van der Waals surface area contributed by atoms with Crippen LogP contribution < -0.4 is 14.2 Å². The van der Waals surface area contributed by atoms with Gasteiger partial charge in [-0.1, -0.05) is 15.9 Å². The van der Waals surface area contributed by atoms with Crippen molar-refractivity contribution in [2.24, 2.45) is 0 Å². The van der Waals surface area contributed by atoms with E-state index in [-0.39, 0.29) is 22.1 Å². The molecule has 0 amide bonds. The molecule has 168 valence electrons. The predicted molar refractivity (Wildman–Crippen MR) is 124 cm³/mol. The molecular weight excluding hydrogens is 500 g/mol. The van der Waals surface area contributed by atoms with Gasteiger partial charge in [0.1, 0.15) is 22.2 Å². The van der Waals surface area contributed by atoms with Crippen LogP contribution in [0.25, 0.3) is 17.5 Å². The first-order valence-corrected chi connectivity index (χ1v) is 11.1. The summed E-state index contributed by atoms with van der Waals surface area (Å²) in [4.78, 5) is 11.9. The number of halogens is 1. The summed E-state index contributed by atoms with van der Waals surface area (Å²) in [6, 6.07) is 10.5. The highest BCUT2D eigenvalue weighted by Crippen LogP contribution is 2.34. The summed E-state index contributed by atoms with van der Waals surface area (Å²) in [6.07, 6.45) is 1.44. The smallest absolute Gasteiger partial charge is 0.342 e. The van der Waals surface area contributed by atoms with E-state index in [0.29, 0.717) is 28.4 Å². The zero-order chi connectivity index (χ0) is 23.3. The largest absolute Gasteiger partial charge is 0.497 e. The topological polar surface area (TPSA) is 104 Å². The van der Waals surface area contributed by atoms with Crippen molar-refractivity contribution in [2.75, 3.05) is 14.2 Å². The molecule has 1 heterocycles. The first-order chi connectivity index (χ1) is 15.3. The highest BCUT2D eigenvalue weighted by Gasteiger charge is 2.18. The Morgan fingerprint density at radius 1 is 1.12 bits per heavy atom. The van der Waals surface area contributed by atoms with Gasteiger partial charge in [0.15, 0.2) is 0 Å². The van der Waals surface area contributed by atoms with Crippen LogP contribution in [0.3, 0.4) is 0 Å². The number of hydrogen-bond donors (Lipinski definition) is 1. The van der Waals surface area contributed by atoms with Crippen molar-refractivity contribution in [2.45, 2.75) is 25.2 Å². The SMILES string of the molecule is COc1cc(OC)cc(-c2nnc(S/C(=C/c3cc(Br)ccc3OC(C)C)C(=O)O)o2)c1. The fourth-order valence-electron chi connectivity index (χ4n) is 2.66. The average Bonchev–Trinajstić information content (AvgIpc) is 3.23. The lowest BCUT2D eigenvalue weighted by Gasteiger charge is -2.13. The van der Waals surface area contributed by atoms with Crippen molar-refractivity contribution >= 4 is 39.7 Å². The number of nitrogens with zero attached hydrogens (tertiary/aromatic N) is 2. The summed E-state index contributed by atoms with van der Waals surface area (Å²) in [6.45, 7) is 3.80. The van der Waals surface area contributed by atoms with Crippen molar-refractivity contribution in [1.29, 1.82) is 0 Å². The Balaban J connectivity index is 1.92. The monoisotopic (exact) mass is 520 g/mol. The Labute approximate surface area is 197 Å². The normalized spacial score (nSPS) is 11.5. The number of aromatic nitrogens is 2. The molecule has 8 nitrogen and oxygen atoms in total. The summed E-state index contributed by atoms with van der Waals surface area (Å²) in [5, 5.41) is 17.8.